The van der Waals surface area contributed by atoms with Crippen LogP contribution in [0.4, 0.5) is 5.69 Å². The Hall–Kier alpha value is -4.20. The number of aromatic nitrogens is 1. The van der Waals surface area contributed by atoms with Crippen LogP contribution in [0.25, 0.3) is 10.2 Å². The van der Waals surface area contributed by atoms with Crippen LogP contribution in [-0.2, 0) is 21.3 Å². The predicted molar refractivity (Wildman–Crippen MR) is 138 cm³/mol. The van der Waals surface area contributed by atoms with Gasteiger partial charge in [0.05, 0.1) is 45.6 Å². The second kappa shape index (κ2) is 10.2. The van der Waals surface area contributed by atoms with E-state index in [0.29, 0.717) is 20.6 Å². The van der Waals surface area contributed by atoms with Gasteiger partial charge in [0.1, 0.15) is 0 Å². The van der Waals surface area contributed by atoms with Crippen molar-refractivity contribution in [3.63, 3.8) is 0 Å². The maximum Gasteiger partial charge on any atom is 0.337 e. The fourth-order valence-corrected chi connectivity index (χ4v) is 5.62. The highest BCUT2D eigenvalue weighted by molar-refractivity contribution is 7.92. The maximum absolute atomic E-state index is 13.2. The molecule has 1 aromatic heterocycles. The van der Waals surface area contributed by atoms with Gasteiger partial charge in [-0.05, 0) is 49.4 Å². The molecule has 182 valence electrons. The molecule has 3 aromatic carbocycles. The van der Waals surface area contributed by atoms with E-state index >= 15 is 0 Å². The van der Waals surface area contributed by atoms with E-state index in [0.717, 1.165) is 5.56 Å². The molecule has 1 amide bonds. The molecule has 0 fully saturated rings. The molecule has 0 saturated carbocycles. The number of esters is 1. The number of ether oxygens (including phenoxy) is 1. The first-order chi connectivity index (χ1) is 17.2. The first kappa shape index (κ1) is 24.9. The number of nitrogens with one attached hydrogen (secondary N) is 1. The lowest BCUT2D eigenvalue weighted by Crippen LogP contribution is -2.18. The molecule has 0 spiro atoms. The lowest BCUT2D eigenvalue weighted by atomic mass is 10.2. The van der Waals surface area contributed by atoms with Gasteiger partial charge in [0.2, 0.25) is 0 Å². The minimum absolute atomic E-state index is 0.0741. The van der Waals surface area contributed by atoms with E-state index in [9.17, 15) is 18.0 Å². The monoisotopic (exact) mass is 519 g/mol. The molecule has 0 aliphatic heterocycles. The van der Waals surface area contributed by atoms with Crippen LogP contribution in [0, 0.1) is 19.3 Å². The van der Waals surface area contributed by atoms with Crippen LogP contribution in [0.5, 0.6) is 0 Å². The van der Waals surface area contributed by atoms with E-state index in [1.54, 1.807) is 47.0 Å². The van der Waals surface area contributed by atoms with Crippen molar-refractivity contribution >= 4 is 49.1 Å². The van der Waals surface area contributed by atoms with Crippen molar-refractivity contribution in [2.45, 2.75) is 18.4 Å². The second-order valence-corrected chi connectivity index (χ2v) is 10.4. The average molecular weight is 520 g/mol. The number of hydrogen-bond acceptors (Lipinski definition) is 6. The van der Waals surface area contributed by atoms with Crippen LogP contribution in [0.15, 0.2) is 76.6 Å². The number of amides is 1. The molecule has 4 aromatic rings. The number of sulfonamides is 1. The highest BCUT2D eigenvalue weighted by atomic mass is 32.2. The summed E-state index contributed by atoms with van der Waals surface area (Å²) >= 11 is 1.18. The highest BCUT2D eigenvalue weighted by Crippen LogP contribution is 2.23. The largest absolute Gasteiger partial charge is 0.465 e. The lowest BCUT2D eigenvalue weighted by Gasteiger charge is -2.11. The molecule has 4 rings (SSSR count). The molecule has 0 bridgehead atoms. The van der Waals surface area contributed by atoms with Crippen LogP contribution in [0.2, 0.25) is 0 Å². The summed E-state index contributed by atoms with van der Waals surface area (Å²) in [4.78, 5) is 29.8. The number of rotatable bonds is 6. The molecule has 8 nitrogen and oxygen atoms in total. The Labute approximate surface area is 211 Å². The molecule has 0 radical (unpaired) electrons. The number of methoxy groups -OCH3 is 1. The molecule has 0 saturated heterocycles. The Morgan fingerprint density at radius 1 is 1.11 bits per heavy atom. The summed E-state index contributed by atoms with van der Waals surface area (Å²) < 4.78 is 35.4. The van der Waals surface area contributed by atoms with Crippen LogP contribution in [0.3, 0.4) is 0 Å². The van der Waals surface area contributed by atoms with E-state index in [1.165, 1.54) is 42.7 Å². The van der Waals surface area contributed by atoms with Crippen LogP contribution in [-0.4, -0.2) is 32.0 Å². The lowest BCUT2D eigenvalue weighted by molar-refractivity contribution is 0.0600. The van der Waals surface area contributed by atoms with Gasteiger partial charge in [-0.25, -0.2) is 13.2 Å². The Kier molecular flexibility index (Phi) is 7.05. The summed E-state index contributed by atoms with van der Waals surface area (Å²) in [5.74, 6) is 1.41. The maximum atomic E-state index is 13.2. The number of carbonyl (C=O) groups excluding carboxylic acids is 2. The molecular weight excluding hydrogens is 498 g/mol. The second-order valence-electron chi connectivity index (χ2n) is 7.73. The minimum atomic E-state index is -3.93. The van der Waals surface area contributed by atoms with Crippen molar-refractivity contribution in [2.75, 3.05) is 11.8 Å². The quantitative estimate of drug-likeness (QED) is 0.306. The van der Waals surface area contributed by atoms with Gasteiger partial charge in [-0.2, -0.15) is 4.99 Å². The van der Waals surface area contributed by atoms with Gasteiger partial charge < -0.3 is 9.30 Å². The SMILES string of the molecule is C#CCn1c(=NC(=O)c2ccccc2NS(=O)(=O)c2ccc(C)cc2)sc2cc(C(=O)OC)ccc21. The molecule has 1 heterocycles. The summed E-state index contributed by atoms with van der Waals surface area (Å²) in [6, 6.07) is 17.6. The number of thiazole rings is 1. The van der Waals surface area contributed by atoms with Gasteiger partial charge in [0, 0.05) is 0 Å². The van der Waals surface area contributed by atoms with Gasteiger partial charge in [-0.1, -0.05) is 47.1 Å². The van der Waals surface area contributed by atoms with Crippen molar-refractivity contribution in [1.82, 2.24) is 4.57 Å². The summed E-state index contributed by atoms with van der Waals surface area (Å²) in [5.41, 5.74) is 2.15. The van der Waals surface area contributed by atoms with Crippen LogP contribution < -0.4 is 9.52 Å². The molecule has 0 aliphatic carbocycles. The molecule has 0 aliphatic rings. The third kappa shape index (κ3) is 5.07. The minimum Gasteiger partial charge on any atom is -0.465 e. The molecule has 10 heteroatoms. The third-order valence-electron chi connectivity index (χ3n) is 5.28. The van der Waals surface area contributed by atoms with E-state index < -0.39 is 21.9 Å². The molecule has 36 heavy (non-hydrogen) atoms. The Morgan fingerprint density at radius 3 is 2.53 bits per heavy atom. The normalized spacial score (nSPS) is 11.8. The summed E-state index contributed by atoms with van der Waals surface area (Å²) in [5, 5.41) is 0. The van der Waals surface area contributed by atoms with Crippen molar-refractivity contribution in [3.8, 4) is 12.3 Å². The fourth-order valence-electron chi connectivity index (χ4n) is 3.47. The van der Waals surface area contributed by atoms with E-state index in [4.69, 9.17) is 11.2 Å². The zero-order chi connectivity index (χ0) is 25.9. The average Bonchev–Trinajstić information content (AvgIpc) is 3.20. The van der Waals surface area contributed by atoms with Gasteiger partial charge in [0.25, 0.3) is 15.9 Å². The third-order valence-corrected chi connectivity index (χ3v) is 7.71. The molecule has 0 unspecified atom stereocenters. The van der Waals surface area contributed by atoms with Gasteiger partial charge in [-0.3, -0.25) is 9.52 Å². The number of para-hydroxylation sites is 1. The summed E-state index contributed by atoms with van der Waals surface area (Å²) in [7, 11) is -2.63. The molecular formula is C26H21N3O5S2. The van der Waals surface area contributed by atoms with Crippen LogP contribution in [0.1, 0.15) is 26.3 Å². The smallest absolute Gasteiger partial charge is 0.337 e. The number of anilines is 1. The van der Waals surface area contributed by atoms with Gasteiger partial charge >= 0.3 is 5.97 Å². The van der Waals surface area contributed by atoms with E-state index in [2.05, 4.69) is 15.6 Å². The fraction of sp³-hybridized carbons (Fsp3) is 0.115. The number of carbonyl (C=O) groups is 2. The van der Waals surface area contributed by atoms with E-state index in [1.807, 2.05) is 6.92 Å². The number of terminal acetylenes is 1. The number of benzene rings is 3. The first-order valence-electron chi connectivity index (χ1n) is 10.7. The molecule has 0 atom stereocenters. The number of hydrogen-bond donors (Lipinski definition) is 1. The van der Waals surface area contributed by atoms with Crippen molar-refractivity contribution in [1.29, 1.82) is 0 Å². The molecule has 1 N–H and O–H groups in total. The highest BCUT2D eigenvalue weighted by Gasteiger charge is 2.19. The van der Waals surface area contributed by atoms with Crippen molar-refractivity contribution in [2.24, 2.45) is 4.99 Å². The van der Waals surface area contributed by atoms with E-state index in [-0.39, 0.29) is 22.7 Å². The number of fused-ring (bicyclic) bond motifs is 1. The zero-order valence-corrected chi connectivity index (χ0v) is 21.0. The Morgan fingerprint density at radius 2 is 1.83 bits per heavy atom. The number of aryl methyl sites for hydroxylation is 1. The Bertz CT molecular complexity index is 1690. The Balaban J connectivity index is 1.76. The standard InChI is InChI=1S/C26H21N3O5S2/c1-4-15-29-22-14-11-18(25(31)34-3)16-23(22)35-26(29)27-24(30)20-7-5-6-8-21(20)28-36(32,33)19-12-9-17(2)10-13-19/h1,5-14,16,28H,15H2,2-3H3. The van der Waals surface area contributed by atoms with Crippen LogP contribution >= 0.6 is 11.3 Å². The topological polar surface area (TPSA) is 107 Å². The first-order valence-corrected chi connectivity index (χ1v) is 13.0. The summed E-state index contributed by atoms with van der Waals surface area (Å²) in [6.45, 7) is 2.00. The van der Waals surface area contributed by atoms with Crippen molar-refractivity contribution in [3.05, 3.63) is 88.2 Å². The van der Waals surface area contributed by atoms with Gasteiger partial charge in [-0.15, -0.1) is 6.42 Å². The number of nitrogens with zero attached hydrogens (tertiary/aromatic N) is 2. The zero-order valence-electron chi connectivity index (χ0n) is 19.4. The predicted octanol–water partition coefficient (Wildman–Crippen LogP) is 3.97. The van der Waals surface area contributed by atoms with Crippen molar-refractivity contribution < 1.29 is 22.7 Å². The summed E-state index contributed by atoms with van der Waals surface area (Å²) in [6.07, 6.45) is 5.54. The van der Waals surface area contributed by atoms with Gasteiger partial charge in [0.15, 0.2) is 4.80 Å².